The quantitative estimate of drug-likeness (QED) is 0.307. The molecule has 0 saturated carbocycles. The van der Waals surface area contributed by atoms with Crippen molar-refractivity contribution in [1.29, 1.82) is 0 Å². The summed E-state index contributed by atoms with van der Waals surface area (Å²) in [6.07, 6.45) is 0. The summed E-state index contributed by atoms with van der Waals surface area (Å²) in [6, 6.07) is 19.2. The Morgan fingerprint density at radius 2 is 1.77 bits per heavy atom. The van der Waals surface area contributed by atoms with Crippen LogP contribution >= 0.6 is 22.6 Å². The molecule has 5 rings (SSSR count). The summed E-state index contributed by atoms with van der Waals surface area (Å²) < 4.78 is 25.1. The van der Waals surface area contributed by atoms with E-state index in [9.17, 15) is 14.0 Å². The molecule has 2 aliphatic rings. The second-order valence-electron chi connectivity index (χ2n) is 8.36. The van der Waals surface area contributed by atoms with Gasteiger partial charge >= 0.3 is 5.97 Å². The maximum Gasteiger partial charge on any atom is 0.336 e. The lowest BCUT2D eigenvalue weighted by Crippen LogP contribution is -2.29. The van der Waals surface area contributed by atoms with Crippen LogP contribution in [0.15, 0.2) is 83.6 Å². The van der Waals surface area contributed by atoms with E-state index in [4.69, 9.17) is 9.47 Å². The second kappa shape index (κ2) is 9.30. The molecule has 1 heterocycles. The van der Waals surface area contributed by atoms with Gasteiger partial charge in [-0.2, -0.15) is 0 Å². The average molecular weight is 581 g/mol. The Morgan fingerprint density at radius 3 is 2.46 bits per heavy atom. The summed E-state index contributed by atoms with van der Waals surface area (Å²) in [7, 11) is 1.34. The fraction of sp³-hybridized carbons (Fsp3) is 0.143. The molecule has 176 valence electrons. The predicted octanol–water partition coefficient (Wildman–Crippen LogP) is 5.75. The molecule has 0 aromatic heterocycles. The first-order valence-corrected chi connectivity index (χ1v) is 12.1. The lowest BCUT2D eigenvalue weighted by Gasteiger charge is -2.29. The fourth-order valence-corrected chi connectivity index (χ4v) is 5.29. The number of carbonyl (C=O) groups is 2. The maximum atomic E-state index is 13.5. The maximum absolute atomic E-state index is 13.5. The molecule has 35 heavy (non-hydrogen) atoms. The van der Waals surface area contributed by atoms with Crippen molar-refractivity contribution in [3.8, 4) is 5.75 Å². The van der Waals surface area contributed by atoms with Crippen LogP contribution in [0.1, 0.15) is 39.9 Å². The molecule has 3 aromatic rings. The van der Waals surface area contributed by atoms with E-state index in [0.29, 0.717) is 34.8 Å². The Labute approximate surface area is 215 Å². The molecule has 0 fully saturated rings. The highest BCUT2D eigenvalue weighted by molar-refractivity contribution is 14.1. The van der Waals surface area contributed by atoms with Crippen molar-refractivity contribution in [2.75, 3.05) is 7.11 Å². The minimum Gasteiger partial charge on any atom is -0.488 e. The molecule has 5 nitrogen and oxygen atoms in total. The molecule has 1 atom stereocenters. The van der Waals surface area contributed by atoms with Gasteiger partial charge in [0.1, 0.15) is 18.2 Å². The molecule has 1 N–H and O–H groups in total. The summed E-state index contributed by atoms with van der Waals surface area (Å²) in [6.45, 7) is 2.11. The van der Waals surface area contributed by atoms with Gasteiger partial charge in [-0.1, -0.05) is 42.5 Å². The van der Waals surface area contributed by atoms with E-state index in [2.05, 4.69) is 27.9 Å². The number of methoxy groups -OCH3 is 1. The smallest absolute Gasteiger partial charge is 0.336 e. The molecular weight excluding hydrogens is 560 g/mol. The van der Waals surface area contributed by atoms with E-state index < -0.39 is 11.9 Å². The third-order valence-corrected chi connectivity index (χ3v) is 7.09. The number of dihydropyridines is 1. The van der Waals surface area contributed by atoms with Gasteiger partial charge < -0.3 is 14.8 Å². The number of benzene rings is 3. The van der Waals surface area contributed by atoms with Crippen molar-refractivity contribution >= 4 is 40.0 Å². The van der Waals surface area contributed by atoms with E-state index in [1.54, 1.807) is 18.2 Å². The molecule has 0 radical (unpaired) electrons. The van der Waals surface area contributed by atoms with Crippen LogP contribution in [0, 0.1) is 9.39 Å². The SMILES string of the molecule is COC(=O)C1=C(C)NC2=C(C(=O)c3ccccc32)[C@H]1c1ccc(OCc2ccc(F)cc2)c(I)c1. The summed E-state index contributed by atoms with van der Waals surface area (Å²) in [5.41, 5.74) is 5.40. The van der Waals surface area contributed by atoms with Crippen molar-refractivity contribution < 1.29 is 23.5 Å². The number of ether oxygens (including phenoxy) is 2. The zero-order valence-corrected chi connectivity index (χ0v) is 21.2. The molecule has 0 spiro atoms. The van der Waals surface area contributed by atoms with Crippen LogP contribution in [0.25, 0.3) is 5.70 Å². The lowest BCUT2D eigenvalue weighted by atomic mass is 9.80. The predicted molar refractivity (Wildman–Crippen MR) is 138 cm³/mol. The molecular formula is C28H21FINO4. The van der Waals surface area contributed by atoms with Gasteiger partial charge in [0.05, 0.1) is 22.0 Å². The molecule has 1 aliphatic heterocycles. The van der Waals surface area contributed by atoms with Crippen LogP contribution in [-0.2, 0) is 16.1 Å². The van der Waals surface area contributed by atoms with Gasteiger partial charge in [-0.3, -0.25) is 4.79 Å². The van der Waals surface area contributed by atoms with Crippen molar-refractivity contribution in [2.24, 2.45) is 0 Å². The summed E-state index contributed by atoms with van der Waals surface area (Å²) in [5, 5.41) is 3.28. The fourth-order valence-electron chi connectivity index (χ4n) is 4.60. The normalized spacial score (nSPS) is 16.6. The Hall–Kier alpha value is -3.46. The van der Waals surface area contributed by atoms with Crippen LogP contribution in [0.4, 0.5) is 4.39 Å². The first-order chi connectivity index (χ1) is 16.9. The number of carbonyl (C=O) groups excluding carboxylic acids is 2. The highest BCUT2D eigenvalue weighted by Crippen LogP contribution is 2.47. The first-order valence-electron chi connectivity index (χ1n) is 11.0. The monoisotopic (exact) mass is 581 g/mol. The van der Waals surface area contributed by atoms with Crippen molar-refractivity contribution in [3.05, 3.63) is 115 Å². The minimum atomic E-state index is -0.585. The van der Waals surface area contributed by atoms with Gasteiger partial charge in [-0.05, 0) is 64.9 Å². The summed E-state index contributed by atoms with van der Waals surface area (Å²) in [5.74, 6) is -0.811. The Bertz CT molecular complexity index is 1430. The van der Waals surface area contributed by atoms with Crippen molar-refractivity contribution in [2.45, 2.75) is 19.4 Å². The van der Waals surface area contributed by atoms with E-state index in [1.165, 1.54) is 19.2 Å². The van der Waals surface area contributed by atoms with Gasteiger partial charge in [-0.25, -0.2) is 9.18 Å². The third-order valence-electron chi connectivity index (χ3n) is 6.25. The van der Waals surface area contributed by atoms with Crippen molar-refractivity contribution in [1.82, 2.24) is 5.32 Å². The topological polar surface area (TPSA) is 64.6 Å². The zero-order valence-electron chi connectivity index (χ0n) is 19.0. The van der Waals surface area contributed by atoms with Crippen molar-refractivity contribution in [3.63, 3.8) is 0 Å². The Balaban J connectivity index is 1.53. The van der Waals surface area contributed by atoms with Crippen LogP contribution < -0.4 is 10.1 Å². The van der Waals surface area contributed by atoms with E-state index in [0.717, 1.165) is 26.0 Å². The van der Waals surface area contributed by atoms with Gasteiger partial charge in [0.15, 0.2) is 5.78 Å². The van der Waals surface area contributed by atoms with Gasteiger partial charge in [-0.15, -0.1) is 0 Å². The average Bonchev–Trinajstić information content (AvgIpc) is 3.14. The standard InChI is InChI=1S/C28H21FINO4/c1-15-23(28(33)34-2)24(25-26(31-15)19-5-3-4-6-20(19)27(25)32)17-9-12-22(21(30)13-17)35-14-16-7-10-18(29)11-8-16/h3-13,24,31H,14H2,1-2H3/t24-/m0/s1. The minimum absolute atomic E-state index is 0.103. The highest BCUT2D eigenvalue weighted by Gasteiger charge is 2.42. The third kappa shape index (κ3) is 4.14. The number of fused-ring (bicyclic) bond motifs is 2. The molecule has 7 heteroatoms. The molecule has 0 saturated heterocycles. The first kappa shape index (κ1) is 23.3. The number of allylic oxidation sites excluding steroid dienone is 2. The van der Waals surface area contributed by atoms with Gasteiger partial charge in [0.25, 0.3) is 0 Å². The van der Waals surface area contributed by atoms with E-state index in [1.807, 2.05) is 43.3 Å². The molecule has 3 aromatic carbocycles. The number of Topliss-reactive ketones (excluding diaryl/α,β-unsaturated/α-hetero) is 1. The largest absolute Gasteiger partial charge is 0.488 e. The molecule has 0 bridgehead atoms. The number of hydrogen-bond donors (Lipinski definition) is 1. The molecule has 1 aliphatic carbocycles. The van der Waals surface area contributed by atoms with E-state index in [-0.39, 0.29) is 11.6 Å². The second-order valence-corrected chi connectivity index (χ2v) is 9.52. The number of ketones is 1. The number of esters is 1. The van der Waals surface area contributed by atoms with Gasteiger partial charge in [0, 0.05) is 28.3 Å². The summed E-state index contributed by atoms with van der Waals surface area (Å²) >= 11 is 2.18. The lowest BCUT2D eigenvalue weighted by molar-refractivity contribution is -0.136. The van der Waals surface area contributed by atoms with E-state index >= 15 is 0 Å². The number of hydrogen-bond acceptors (Lipinski definition) is 5. The zero-order chi connectivity index (χ0) is 24.7. The van der Waals surface area contributed by atoms with Crippen LogP contribution in [0.3, 0.4) is 0 Å². The number of rotatable bonds is 5. The number of halogens is 2. The highest BCUT2D eigenvalue weighted by atomic mass is 127. The summed E-state index contributed by atoms with van der Waals surface area (Å²) in [4.78, 5) is 26.3. The Morgan fingerprint density at radius 1 is 1.06 bits per heavy atom. The Kier molecular flexibility index (Phi) is 6.19. The van der Waals surface area contributed by atoms with Crippen LogP contribution in [0.2, 0.25) is 0 Å². The van der Waals surface area contributed by atoms with Crippen LogP contribution in [0.5, 0.6) is 5.75 Å². The van der Waals surface area contributed by atoms with Gasteiger partial charge in [0.2, 0.25) is 0 Å². The molecule has 0 amide bonds. The molecule has 0 unspecified atom stereocenters. The number of nitrogens with one attached hydrogen (secondary N) is 1. The van der Waals surface area contributed by atoms with Crippen LogP contribution in [-0.4, -0.2) is 18.9 Å².